The fourth-order valence-corrected chi connectivity index (χ4v) is 4.65. The summed E-state index contributed by atoms with van der Waals surface area (Å²) in [5.41, 5.74) is 1.96. The van der Waals surface area contributed by atoms with Crippen LogP contribution in [0.15, 0.2) is 24.3 Å². The lowest BCUT2D eigenvalue weighted by atomic mass is 10.3. The van der Waals surface area contributed by atoms with Crippen LogP contribution in [0.25, 0.3) is 11.0 Å². The summed E-state index contributed by atoms with van der Waals surface area (Å²) in [5, 5.41) is -0.116. The molecule has 0 atom stereocenters. The Morgan fingerprint density at radius 2 is 1.81 bits per heavy atom. The summed E-state index contributed by atoms with van der Waals surface area (Å²) in [6, 6.07) is 7.92. The van der Waals surface area contributed by atoms with Gasteiger partial charge in [-0.2, -0.15) is 4.31 Å². The van der Waals surface area contributed by atoms with E-state index in [9.17, 15) is 8.42 Å². The largest absolute Gasteiger partial charge is 0.340 e. The van der Waals surface area contributed by atoms with Crippen molar-refractivity contribution >= 4 is 27.0 Å². The fraction of sp³-hybridized carbons (Fsp3) is 0.500. The number of sulfonamides is 1. The fourth-order valence-electron chi connectivity index (χ4n) is 2.82. The summed E-state index contributed by atoms with van der Waals surface area (Å²) in [5.74, 6) is 0.833. The molecule has 6 nitrogen and oxygen atoms in total. The van der Waals surface area contributed by atoms with Crippen LogP contribution < -0.4 is 4.90 Å². The average molecular weight is 306 g/mol. The Hall–Kier alpha value is -1.60. The zero-order chi connectivity index (χ0) is 14.4. The summed E-state index contributed by atoms with van der Waals surface area (Å²) in [4.78, 5) is 10.00. The minimum Gasteiger partial charge on any atom is -0.340 e. The lowest BCUT2D eigenvalue weighted by molar-refractivity contribution is 0.382. The second kappa shape index (κ2) is 4.71. The van der Waals surface area contributed by atoms with E-state index in [0.29, 0.717) is 26.2 Å². The topological polar surface area (TPSA) is 69.3 Å². The highest BCUT2D eigenvalue weighted by atomic mass is 32.2. The van der Waals surface area contributed by atoms with Gasteiger partial charge < -0.3 is 9.88 Å². The predicted octanol–water partition coefficient (Wildman–Crippen LogP) is 1.18. The van der Waals surface area contributed by atoms with E-state index >= 15 is 0 Å². The molecule has 1 N–H and O–H groups in total. The zero-order valence-corrected chi connectivity index (χ0v) is 12.5. The smallest absolute Gasteiger partial charge is 0.217 e. The van der Waals surface area contributed by atoms with Crippen molar-refractivity contribution < 1.29 is 8.42 Å². The molecule has 0 spiro atoms. The highest BCUT2D eigenvalue weighted by molar-refractivity contribution is 7.90. The minimum absolute atomic E-state index is 0.116. The van der Waals surface area contributed by atoms with Crippen LogP contribution in [-0.4, -0.2) is 54.1 Å². The first-order chi connectivity index (χ1) is 10.1. The van der Waals surface area contributed by atoms with Gasteiger partial charge in [0.2, 0.25) is 16.0 Å². The maximum Gasteiger partial charge on any atom is 0.217 e. The number of hydrogen-bond donors (Lipinski definition) is 1. The predicted molar refractivity (Wildman–Crippen MR) is 81.8 cm³/mol. The number of para-hydroxylation sites is 2. The molecular weight excluding hydrogens is 288 g/mol. The third-order valence-corrected chi connectivity index (χ3v) is 6.62. The van der Waals surface area contributed by atoms with E-state index in [1.54, 1.807) is 4.31 Å². The van der Waals surface area contributed by atoms with Gasteiger partial charge in [0.05, 0.1) is 16.3 Å². The third kappa shape index (κ3) is 2.30. The molecule has 4 rings (SSSR count). The number of fused-ring (bicyclic) bond motifs is 1. The maximum absolute atomic E-state index is 12.2. The molecule has 1 aromatic carbocycles. The summed E-state index contributed by atoms with van der Waals surface area (Å²) < 4.78 is 26.1. The van der Waals surface area contributed by atoms with Crippen molar-refractivity contribution in [3.8, 4) is 0 Å². The first-order valence-corrected chi connectivity index (χ1v) is 8.83. The number of hydrogen-bond acceptors (Lipinski definition) is 4. The number of H-pyrrole nitrogens is 1. The summed E-state index contributed by atoms with van der Waals surface area (Å²) >= 11 is 0. The molecule has 0 bridgehead atoms. The SMILES string of the molecule is O=S(=O)(C1CC1)N1CCN(c2nc3ccccc3[nH]2)CC1. The van der Waals surface area contributed by atoms with Gasteiger partial charge in [-0.05, 0) is 25.0 Å². The Morgan fingerprint density at radius 1 is 1.10 bits per heavy atom. The van der Waals surface area contributed by atoms with Crippen molar-refractivity contribution in [3.05, 3.63) is 24.3 Å². The Labute approximate surface area is 123 Å². The number of piperazine rings is 1. The van der Waals surface area contributed by atoms with Crippen LogP contribution in [0.5, 0.6) is 0 Å². The Balaban J connectivity index is 1.49. The van der Waals surface area contributed by atoms with Crippen molar-refractivity contribution in [1.29, 1.82) is 0 Å². The standard InChI is InChI=1S/C14H18N4O2S/c19-21(20,11-5-6-11)18-9-7-17(8-10-18)14-15-12-3-1-2-4-13(12)16-14/h1-4,11H,5-10H2,(H,15,16). The molecule has 0 amide bonds. The molecule has 1 aromatic heterocycles. The molecular formula is C14H18N4O2S. The lowest BCUT2D eigenvalue weighted by Gasteiger charge is -2.33. The number of rotatable bonds is 3. The number of nitrogens with zero attached hydrogens (tertiary/aromatic N) is 3. The normalized spacial score (nSPS) is 21.0. The van der Waals surface area contributed by atoms with Gasteiger partial charge in [-0.15, -0.1) is 0 Å². The van der Waals surface area contributed by atoms with Gasteiger partial charge in [0, 0.05) is 26.2 Å². The van der Waals surface area contributed by atoms with Crippen molar-refractivity contribution in [3.63, 3.8) is 0 Å². The van der Waals surface area contributed by atoms with Gasteiger partial charge in [0.15, 0.2) is 0 Å². The van der Waals surface area contributed by atoms with Crippen LogP contribution in [0.1, 0.15) is 12.8 Å². The Morgan fingerprint density at radius 3 is 2.48 bits per heavy atom. The average Bonchev–Trinajstić information content (AvgIpc) is 3.27. The quantitative estimate of drug-likeness (QED) is 0.924. The van der Waals surface area contributed by atoms with Crippen LogP contribution >= 0.6 is 0 Å². The van der Waals surface area contributed by atoms with Crippen molar-refractivity contribution in [2.75, 3.05) is 31.1 Å². The van der Waals surface area contributed by atoms with Gasteiger partial charge >= 0.3 is 0 Å². The number of aromatic amines is 1. The van der Waals surface area contributed by atoms with Crippen LogP contribution in [0.2, 0.25) is 0 Å². The van der Waals surface area contributed by atoms with E-state index in [0.717, 1.165) is 29.8 Å². The Kier molecular flexibility index (Phi) is 2.93. The van der Waals surface area contributed by atoms with Gasteiger partial charge in [-0.3, -0.25) is 0 Å². The van der Waals surface area contributed by atoms with E-state index in [1.807, 2.05) is 24.3 Å². The molecule has 2 heterocycles. The number of nitrogens with one attached hydrogen (secondary N) is 1. The van der Waals surface area contributed by atoms with E-state index in [1.165, 1.54) is 0 Å². The molecule has 2 fully saturated rings. The zero-order valence-electron chi connectivity index (χ0n) is 11.7. The van der Waals surface area contributed by atoms with Gasteiger partial charge in [-0.1, -0.05) is 12.1 Å². The number of benzene rings is 1. The second-order valence-electron chi connectivity index (χ2n) is 5.71. The summed E-state index contributed by atoms with van der Waals surface area (Å²) in [6.45, 7) is 2.48. The molecule has 1 saturated carbocycles. The van der Waals surface area contributed by atoms with Crippen LogP contribution in [0, 0.1) is 0 Å². The van der Waals surface area contributed by atoms with Gasteiger partial charge in [0.25, 0.3) is 0 Å². The van der Waals surface area contributed by atoms with Crippen molar-refractivity contribution in [1.82, 2.24) is 14.3 Å². The summed E-state index contributed by atoms with van der Waals surface area (Å²) in [6.07, 6.45) is 1.65. The molecule has 1 aliphatic carbocycles. The van der Waals surface area contributed by atoms with E-state index in [-0.39, 0.29) is 5.25 Å². The molecule has 2 aliphatic rings. The van der Waals surface area contributed by atoms with E-state index in [4.69, 9.17) is 0 Å². The first kappa shape index (κ1) is 13.1. The molecule has 0 radical (unpaired) electrons. The van der Waals surface area contributed by atoms with Crippen LogP contribution in [-0.2, 0) is 10.0 Å². The van der Waals surface area contributed by atoms with E-state index in [2.05, 4.69) is 14.9 Å². The molecule has 1 aliphatic heterocycles. The monoisotopic (exact) mass is 306 g/mol. The molecule has 7 heteroatoms. The maximum atomic E-state index is 12.2. The highest BCUT2D eigenvalue weighted by Crippen LogP contribution is 2.31. The van der Waals surface area contributed by atoms with Crippen molar-refractivity contribution in [2.45, 2.75) is 18.1 Å². The number of aromatic nitrogens is 2. The van der Waals surface area contributed by atoms with Crippen LogP contribution in [0.3, 0.4) is 0 Å². The molecule has 1 saturated heterocycles. The Bertz CT molecular complexity index is 725. The lowest BCUT2D eigenvalue weighted by Crippen LogP contribution is -2.49. The van der Waals surface area contributed by atoms with Crippen LogP contribution in [0.4, 0.5) is 5.95 Å². The molecule has 112 valence electrons. The number of imidazole rings is 1. The van der Waals surface area contributed by atoms with Gasteiger partial charge in [0.1, 0.15) is 0 Å². The van der Waals surface area contributed by atoms with Crippen molar-refractivity contribution in [2.24, 2.45) is 0 Å². The first-order valence-electron chi connectivity index (χ1n) is 7.33. The molecule has 21 heavy (non-hydrogen) atoms. The molecule has 2 aromatic rings. The second-order valence-corrected chi connectivity index (χ2v) is 7.92. The van der Waals surface area contributed by atoms with E-state index < -0.39 is 10.0 Å². The summed E-state index contributed by atoms with van der Waals surface area (Å²) in [7, 11) is -3.04. The highest BCUT2D eigenvalue weighted by Gasteiger charge is 2.41. The van der Waals surface area contributed by atoms with Gasteiger partial charge in [-0.25, -0.2) is 13.4 Å². The molecule has 0 unspecified atom stereocenters. The third-order valence-electron chi connectivity index (χ3n) is 4.22. The minimum atomic E-state index is -3.04. The number of anilines is 1.